The van der Waals surface area contributed by atoms with Crippen molar-refractivity contribution in [3.63, 3.8) is 0 Å². The molecule has 1 atom stereocenters. The quantitative estimate of drug-likeness (QED) is 0.828. The maximum Gasteiger partial charge on any atom is 0.243 e. The first kappa shape index (κ1) is 17.9. The van der Waals surface area contributed by atoms with Crippen molar-refractivity contribution in [1.82, 2.24) is 9.62 Å². The van der Waals surface area contributed by atoms with E-state index in [0.717, 1.165) is 24.8 Å². The Bertz CT molecular complexity index is 626. The maximum absolute atomic E-state index is 12.7. The Balaban J connectivity index is 2.05. The lowest BCUT2D eigenvalue weighted by Crippen LogP contribution is -2.34. The van der Waals surface area contributed by atoms with E-state index in [2.05, 4.69) is 12.2 Å². The molecule has 2 rings (SSSR count). The Labute approximate surface area is 139 Å². The molecule has 1 saturated heterocycles. The van der Waals surface area contributed by atoms with E-state index < -0.39 is 10.0 Å². The van der Waals surface area contributed by atoms with Crippen molar-refractivity contribution >= 4 is 15.9 Å². The van der Waals surface area contributed by atoms with E-state index in [0.29, 0.717) is 24.4 Å². The fourth-order valence-electron chi connectivity index (χ4n) is 2.84. The van der Waals surface area contributed by atoms with E-state index in [-0.39, 0.29) is 18.4 Å². The lowest BCUT2D eigenvalue weighted by molar-refractivity contribution is -0.124. The van der Waals surface area contributed by atoms with Gasteiger partial charge in [0.25, 0.3) is 0 Å². The summed E-state index contributed by atoms with van der Waals surface area (Å²) in [4.78, 5) is 12.2. The van der Waals surface area contributed by atoms with E-state index in [1.54, 1.807) is 12.1 Å². The SMILES string of the molecule is CCCCc1ccc(S(=O)(=O)N2CCC(C(=O)NCC)C2)cc1. The van der Waals surface area contributed by atoms with E-state index in [9.17, 15) is 13.2 Å². The van der Waals surface area contributed by atoms with Crippen molar-refractivity contribution in [2.24, 2.45) is 5.92 Å². The molecule has 1 heterocycles. The molecule has 23 heavy (non-hydrogen) atoms. The molecule has 5 nitrogen and oxygen atoms in total. The highest BCUT2D eigenvalue weighted by Crippen LogP contribution is 2.25. The van der Waals surface area contributed by atoms with Gasteiger partial charge in [-0.05, 0) is 43.9 Å². The molecule has 0 radical (unpaired) electrons. The number of sulfonamides is 1. The van der Waals surface area contributed by atoms with Crippen LogP contribution < -0.4 is 5.32 Å². The van der Waals surface area contributed by atoms with Gasteiger partial charge in [-0.25, -0.2) is 8.42 Å². The monoisotopic (exact) mass is 338 g/mol. The van der Waals surface area contributed by atoms with Crippen molar-refractivity contribution < 1.29 is 13.2 Å². The van der Waals surface area contributed by atoms with Crippen molar-refractivity contribution in [2.75, 3.05) is 19.6 Å². The summed E-state index contributed by atoms with van der Waals surface area (Å²) in [6.45, 7) is 5.24. The third-order valence-electron chi connectivity index (χ3n) is 4.25. The number of carbonyl (C=O) groups excluding carboxylic acids is 1. The number of rotatable bonds is 7. The molecular weight excluding hydrogens is 312 g/mol. The zero-order valence-corrected chi connectivity index (χ0v) is 14.7. The molecule has 0 saturated carbocycles. The van der Waals surface area contributed by atoms with Gasteiger partial charge in [0.05, 0.1) is 10.8 Å². The molecule has 1 aliphatic rings. The van der Waals surface area contributed by atoms with Crippen LogP contribution in [0.15, 0.2) is 29.2 Å². The summed E-state index contributed by atoms with van der Waals surface area (Å²) in [5.74, 6) is -0.298. The average molecular weight is 338 g/mol. The first-order chi connectivity index (χ1) is 11.0. The molecular formula is C17H26N2O3S. The van der Waals surface area contributed by atoms with Crippen LogP contribution >= 0.6 is 0 Å². The van der Waals surface area contributed by atoms with Crippen molar-refractivity contribution in [3.8, 4) is 0 Å². The van der Waals surface area contributed by atoms with Crippen molar-refractivity contribution in [2.45, 2.75) is 44.4 Å². The minimum absolute atomic E-state index is 0.0555. The van der Waals surface area contributed by atoms with Crippen molar-refractivity contribution in [1.29, 1.82) is 0 Å². The summed E-state index contributed by atoms with van der Waals surface area (Å²) >= 11 is 0. The minimum atomic E-state index is -3.50. The summed E-state index contributed by atoms with van der Waals surface area (Å²) < 4.78 is 26.8. The van der Waals surface area contributed by atoms with Gasteiger partial charge in [0.2, 0.25) is 15.9 Å². The zero-order valence-electron chi connectivity index (χ0n) is 13.9. The first-order valence-electron chi connectivity index (χ1n) is 8.35. The third kappa shape index (κ3) is 4.32. The molecule has 0 spiro atoms. The van der Waals surface area contributed by atoms with Gasteiger partial charge < -0.3 is 5.32 Å². The van der Waals surface area contributed by atoms with Gasteiger partial charge in [-0.15, -0.1) is 0 Å². The molecule has 1 amide bonds. The van der Waals surface area contributed by atoms with Crippen molar-refractivity contribution in [3.05, 3.63) is 29.8 Å². The van der Waals surface area contributed by atoms with Crippen LogP contribution in [0.2, 0.25) is 0 Å². The van der Waals surface area contributed by atoms with E-state index >= 15 is 0 Å². The van der Waals surface area contributed by atoms with Crippen LogP contribution in [0, 0.1) is 5.92 Å². The van der Waals surface area contributed by atoms with Crippen LogP contribution in [0.5, 0.6) is 0 Å². The summed E-state index contributed by atoms with van der Waals surface area (Å²) in [5, 5.41) is 2.77. The number of unbranched alkanes of at least 4 members (excludes halogenated alkanes) is 1. The molecule has 1 unspecified atom stereocenters. The van der Waals surface area contributed by atoms with Crippen LogP contribution in [0.1, 0.15) is 38.7 Å². The van der Waals surface area contributed by atoms with Crippen LogP contribution in [-0.4, -0.2) is 38.3 Å². The Morgan fingerprint density at radius 3 is 2.57 bits per heavy atom. The Hall–Kier alpha value is -1.40. The number of amides is 1. The number of benzene rings is 1. The van der Waals surface area contributed by atoms with E-state index in [4.69, 9.17) is 0 Å². The molecule has 1 N–H and O–H groups in total. The molecule has 0 aromatic heterocycles. The second-order valence-electron chi connectivity index (χ2n) is 5.99. The topological polar surface area (TPSA) is 66.5 Å². The second kappa shape index (κ2) is 7.93. The lowest BCUT2D eigenvalue weighted by Gasteiger charge is -2.17. The number of nitrogens with one attached hydrogen (secondary N) is 1. The minimum Gasteiger partial charge on any atom is -0.356 e. The smallest absolute Gasteiger partial charge is 0.243 e. The number of hydrogen-bond donors (Lipinski definition) is 1. The summed E-state index contributed by atoms with van der Waals surface area (Å²) in [7, 11) is -3.50. The molecule has 1 aliphatic heterocycles. The average Bonchev–Trinajstić information content (AvgIpc) is 3.04. The third-order valence-corrected chi connectivity index (χ3v) is 6.13. The number of nitrogens with zero attached hydrogens (tertiary/aromatic N) is 1. The fraction of sp³-hybridized carbons (Fsp3) is 0.588. The summed E-state index contributed by atoms with van der Waals surface area (Å²) in [6, 6.07) is 7.14. The highest BCUT2D eigenvalue weighted by Gasteiger charge is 2.35. The van der Waals surface area contributed by atoms with E-state index in [1.807, 2.05) is 19.1 Å². The van der Waals surface area contributed by atoms with Gasteiger partial charge >= 0.3 is 0 Å². The molecule has 128 valence electrons. The Kier molecular flexibility index (Phi) is 6.18. The molecule has 1 fully saturated rings. The predicted molar refractivity (Wildman–Crippen MR) is 90.6 cm³/mol. The highest BCUT2D eigenvalue weighted by molar-refractivity contribution is 7.89. The number of hydrogen-bond acceptors (Lipinski definition) is 3. The molecule has 0 aliphatic carbocycles. The summed E-state index contributed by atoms with van der Waals surface area (Å²) in [6.07, 6.45) is 3.78. The van der Waals surface area contributed by atoms with Crippen LogP contribution in [-0.2, 0) is 21.2 Å². The second-order valence-corrected chi connectivity index (χ2v) is 7.93. The van der Waals surface area contributed by atoms with Crippen LogP contribution in [0.3, 0.4) is 0 Å². The van der Waals surface area contributed by atoms with Crippen LogP contribution in [0.25, 0.3) is 0 Å². The predicted octanol–water partition coefficient (Wildman–Crippen LogP) is 2.18. The highest BCUT2D eigenvalue weighted by atomic mass is 32.2. The zero-order chi connectivity index (χ0) is 16.9. The van der Waals surface area contributed by atoms with Crippen LogP contribution in [0.4, 0.5) is 0 Å². The summed E-state index contributed by atoms with van der Waals surface area (Å²) in [5.41, 5.74) is 1.16. The first-order valence-corrected chi connectivity index (χ1v) is 9.79. The largest absolute Gasteiger partial charge is 0.356 e. The van der Waals surface area contributed by atoms with Gasteiger partial charge in [-0.1, -0.05) is 25.5 Å². The van der Waals surface area contributed by atoms with Gasteiger partial charge in [-0.3, -0.25) is 4.79 Å². The van der Waals surface area contributed by atoms with Gasteiger partial charge in [0.15, 0.2) is 0 Å². The normalized spacial score (nSPS) is 19.0. The Morgan fingerprint density at radius 2 is 1.96 bits per heavy atom. The van der Waals surface area contributed by atoms with E-state index in [1.165, 1.54) is 4.31 Å². The van der Waals surface area contributed by atoms with Gasteiger partial charge in [-0.2, -0.15) is 4.31 Å². The standard InChI is InChI=1S/C17H26N2O3S/c1-3-5-6-14-7-9-16(10-8-14)23(21,22)19-12-11-15(13-19)17(20)18-4-2/h7-10,15H,3-6,11-13H2,1-2H3,(H,18,20). The number of carbonyl (C=O) groups is 1. The molecule has 0 bridgehead atoms. The lowest BCUT2D eigenvalue weighted by atomic mass is 10.1. The van der Waals surface area contributed by atoms with Gasteiger partial charge in [0.1, 0.15) is 0 Å². The maximum atomic E-state index is 12.7. The molecule has 6 heteroatoms. The molecule has 1 aromatic carbocycles. The molecule has 1 aromatic rings. The van der Waals surface area contributed by atoms with Gasteiger partial charge in [0, 0.05) is 19.6 Å². The fourth-order valence-corrected chi connectivity index (χ4v) is 4.34. The number of aryl methyl sites for hydroxylation is 1. The Morgan fingerprint density at radius 1 is 1.26 bits per heavy atom.